The maximum Gasteiger partial charge on any atom is 0.174 e. The standard InChI is InChI=1S/C25H32N6O2/c1-16(23-17(2)29-30-25(24(23)26)31(4)5)28-20-12-11-19(32)15-22(20)33-21(13-14-27-3)18-9-7-6-8-10-18/h6-12,15,21,27,32H,13-14H2,1-5H3,(H2,26,29). The zero-order valence-electron chi connectivity index (χ0n) is 19.8. The lowest BCUT2D eigenvalue weighted by molar-refractivity contribution is 0.195. The van der Waals surface area contributed by atoms with Gasteiger partial charge in [0, 0.05) is 37.9 Å². The lowest BCUT2D eigenvalue weighted by Crippen LogP contribution is -2.18. The van der Waals surface area contributed by atoms with Gasteiger partial charge in [0.15, 0.2) is 5.82 Å². The molecule has 33 heavy (non-hydrogen) atoms. The minimum absolute atomic E-state index is 0.109. The highest BCUT2D eigenvalue weighted by Gasteiger charge is 2.18. The lowest BCUT2D eigenvalue weighted by atomic mass is 10.1. The Labute approximate surface area is 195 Å². The summed E-state index contributed by atoms with van der Waals surface area (Å²) in [7, 11) is 5.65. The molecule has 0 radical (unpaired) electrons. The molecule has 1 heterocycles. The monoisotopic (exact) mass is 448 g/mol. The molecular formula is C25H32N6O2. The number of rotatable bonds is 9. The van der Waals surface area contributed by atoms with Gasteiger partial charge >= 0.3 is 0 Å². The van der Waals surface area contributed by atoms with Gasteiger partial charge in [0.25, 0.3) is 0 Å². The van der Waals surface area contributed by atoms with Crippen molar-refractivity contribution in [1.29, 1.82) is 0 Å². The molecule has 8 nitrogen and oxygen atoms in total. The number of nitrogens with one attached hydrogen (secondary N) is 1. The molecule has 0 bridgehead atoms. The van der Waals surface area contributed by atoms with Crippen LogP contribution in [0, 0.1) is 6.92 Å². The molecule has 2 aromatic carbocycles. The summed E-state index contributed by atoms with van der Waals surface area (Å²) < 4.78 is 6.40. The van der Waals surface area contributed by atoms with E-state index in [1.807, 2.05) is 70.2 Å². The molecule has 3 aromatic rings. The first kappa shape index (κ1) is 24.0. The van der Waals surface area contributed by atoms with Crippen molar-refractivity contribution in [3.8, 4) is 11.5 Å². The van der Waals surface area contributed by atoms with Crippen molar-refractivity contribution in [3.63, 3.8) is 0 Å². The average molecular weight is 449 g/mol. The fourth-order valence-electron chi connectivity index (χ4n) is 3.64. The summed E-state index contributed by atoms with van der Waals surface area (Å²) >= 11 is 0. The first-order valence-corrected chi connectivity index (χ1v) is 10.9. The van der Waals surface area contributed by atoms with Gasteiger partial charge in [-0.25, -0.2) is 4.99 Å². The maximum absolute atomic E-state index is 10.1. The van der Waals surface area contributed by atoms with Crippen LogP contribution in [0.5, 0.6) is 11.5 Å². The van der Waals surface area contributed by atoms with Gasteiger partial charge in [-0.15, -0.1) is 5.10 Å². The van der Waals surface area contributed by atoms with Gasteiger partial charge in [-0.1, -0.05) is 30.3 Å². The van der Waals surface area contributed by atoms with Gasteiger partial charge in [-0.2, -0.15) is 5.10 Å². The van der Waals surface area contributed by atoms with Crippen LogP contribution in [0.3, 0.4) is 0 Å². The van der Waals surface area contributed by atoms with Crippen molar-refractivity contribution in [2.75, 3.05) is 38.3 Å². The van der Waals surface area contributed by atoms with Gasteiger partial charge in [0.05, 0.1) is 11.4 Å². The number of nitrogens with two attached hydrogens (primary N) is 1. The van der Waals surface area contributed by atoms with Crippen molar-refractivity contribution in [2.24, 2.45) is 4.99 Å². The van der Waals surface area contributed by atoms with Crippen LogP contribution in [0.2, 0.25) is 0 Å². The van der Waals surface area contributed by atoms with Gasteiger partial charge in [-0.3, -0.25) is 0 Å². The zero-order chi connectivity index (χ0) is 24.0. The Morgan fingerprint density at radius 1 is 1.18 bits per heavy atom. The Morgan fingerprint density at radius 3 is 2.58 bits per heavy atom. The lowest BCUT2D eigenvalue weighted by Gasteiger charge is -2.21. The molecule has 1 atom stereocenters. The molecule has 0 aliphatic heterocycles. The van der Waals surface area contributed by atoms with Crippen LogP contribution in [0.4, 0.5) is 17.2 Å². The number of ether oxygens (including phenoxy) is 1. The third-order valence-corrected chi connectivity index (χ3v) is 5.28. The van der Waals surface area contributed by atoms with Crippen LogP contribution in [0.25, 0.3) is 0 Å². The molecule has 1 aromatic heterocycles. The second-order valence-electron chi connectivity index (χ2n) is 8.05. The average Bonchev–Trinajstić information content (AvgIpc) is 2.78. The van der Waals surface area contributed by atoms with E-state index in [-0.39, 0.29) is 11.9 Å². The molecule has 3 rings (SSSR count). The molecule has 0 saturated heterocycles. The molecule has 0 spiro atoms. The second-order valence-corrected chi connectivity index (χ2v) is 8.05. The zero-order valence-corrected chi connectivity index (χ0v) is 19.8. The van der Waals surface area contributed by atoms with E-state index >= 15 is 0 Å². The topological polar surface area (TPSA) is 109 Å². The maximum atomic E-state index is 10.1. The SMILES string of the molecule is CNCCC(Oc1cc(O)ccc1N=C(C)c1c(C)nnc(N(C)C)c1N)c1ccccc1. The van der Waals surface area contributed by atoms with E-state index in [1.165, 1.54) is 0 Å². The number of anilines is 2. The predicted octanol–water partition coefficient (Wildman–Crippen LogP) is 4.01. The number of phenols is 1. The van der Waals surface area contributed by atoms with Gasteiger partial charge < -0.3 is 25.8 Å². The number of hydrogen-bond acceptors (Lipinski definition) is 8. The Hall–Kier alpha value is -3.65. The Morgan fingerprint density at radius 2 is 1.91 bits per heavy atom. The van der Waals surface area contributed by atoms with Crippen molar-refractivity contribution in [1.82, 2.24) is 15.5 Å². The number of phenolic OH excluding ortho intramolecular Hbond substituents is 1. The molecule has 8 heteroatoms. The van der Waals surface area contributed by atoms with E-state index in [1.54, 1.807) is 18.2 Å². The van der Waals surface area contributed by atoms with Crippen LogP contribution < -0.4 is 20.7 Å². The summed E-state index contributed by atoms with van der Waals surface area (Å²) in [5, 5.41) is 21.8. The summed E-state index contributed by atoms with van der Waals surface area (Å²) in [4.78, 5) is 6.64. The third-order valence-electron chi connectivity index (χ3n) is 5.28. The number of aliphatic imine (C=N–C) groups is 1. The van der Waals surface area contributed by atoms with Crippen molar-refractivity contribution in [2.45, 2.75) is 26.4 Å². The predicted molar refractivity (Wildman–Crippen MR) is 134 cm³/mol. The highest BCUT2D eigenvalue weighted by Crippen LogP contribution is 2.36. The van der Waals surface area contributed by atoms with Crippen LogP contribution in [0.15, 0.2) is 53.5 Å². The van der Waals surface area contributed by atoms with E-state index in [9.17, 15) is 5.11 Å². The van der Waals surface area contributed by atoms with Gasteiger partial charge in [-0.05, 0) is 45.1 Å². The fourth-order valence-corrected chi connectivity index (χ4v) is 3.64. The fraction of sp³-hybridized carbons (Fsp3) is 0.320. The number of hydrogen-bond donors (Lipinski definition) is 3. The normalized spacial score (nSPS) is 12.5. The van der Waals surface area contributed by atoms with Crippen LogP contribution >= 0.6 is 0 Å². The minimum atomic E-state index is -0.204. The molecule has 0 saturated carbocycles. The second kappa shape index (κ2) is 10.8. The number of aromatic hydroxyl groups is 1. The Balaban J connectivity index is 2.02. The van der Waals surface area contributed by atoms with Crippen molar-refractivity contribution < 1.29 is 9.84 Å². The largest absolute Gasteiger partial charge is 0.508 e. The Kier molecular flexibility index (Phi) is 7.84. The summed E-state index contributed by atoms with van der Waals surface area (Å²) in [5.74, 6) is 1.19. The van der Waals surface area contributed by atoms with E-state index < -0.39 is 0 Å². The number of aromatic nitrogens is 2. The van der Waals surface area contributed by atoms with Crippen LogP contribution in [0.1, 0.15) is 36.3 Å². The van der Waals surface area contributed by atoms with Crippen molar-refractivity contribution >= 4 is 22.9 Å². The van der Waals surface area contributed by atoms with E-state index in [0.717, 1.165) is 24.1 Å². The molecule has 0 amide bonds. The highest BCUT2D eigenvalue weighted by atomic mass is 16.5. The van der Waals surface area contributed by atoms with Gasteiger partial charge in [0.1, 0.15) is 23.3 Å². The minimum Gasteiger partial charge on any atom is -0.508 e. The molecule has 1 unspecified atom stereocenters. The number of benzene rings is 2. The first-order chi connectivity index (χ1) is 15.8. The molecule has 0 aliphatic rings. The molecular weight excluding hydrogens is 416 g/mol. The van der Waals surface area contributed by atoms with Crippen LogP contribution in [-0.4, -0.2) is 48.7 Å². The van der Waals surface area contributed by atoms with Gasteiger partial charge in [0.2, 0.25) is 0 Å². The summed E-state index contributed by atoms with van der Waals surface area (Å²) in [5.41, 5.74) is 10.7. The van der Waals surface area contributed by atoms with E-state index in [2.05, 4.69) is 15.5 Å². The highest BCUT2D eigenvalue weighted by molar-refractivity contribution is 6.07. The van der Waals surface area contributed by atoms with Crippen molar-refractivity contribution in [3.05, 3.63) is 65.4 Å². The molecule has 0 aliphatic carbocycles. The van der Waals surface area contributed by atoms with Crippen LogP contribution in [-0.2, 0) is 0 Å². The summed E-state index contributed by atoms with van der Waals surface area (Å²) in [6, 6.07) is 14.9. The van der Waals surface area contributed by atoms with E-state index in [0.29, 0.717) is 34.3 Å². The third kappa shape index (κ3) is 5.78. The smallest absolute Gasteiger partial charge is 0.174 e. The summed E-state index contributed by atoms with van der Waals surface area (Å²) in [6.07, 6.45) is 0.551. The molecule has 174 valence electrons. The van der Waals surface area contributed by atoms with E-state index in [4.69, 9.17) is 15.5 Å². The number of nitrogen functional groups attached to an aromatic ring is 1. The number of aryl methyl sites for hydroxylation is 1. The quantitative estimate of drug-likeness (QED) is 0.424. The summed E-state index contributed by atoms with van der Waals surface area (Å²) in [6.45, 7) is 4.52. The first-order valence-electron chi connectivity index (χ1n) is 10.9. The Bertz CT molecular complexity index is 1120. The molecule has 4 N–H and O–H groups in total. The number of nitrogens with zero attached hydrogens (tertiary/aromatic N) is 4. The molecule has 0 fully saturated rings.